The van der Waals surface area contributed by atoms with Gasteiger partial charge in [-0.3, -0.25) is 14.4 Å². The van der Waals surface area contributed by atoms with Crippen molar-refractivity contribution in [1.29, 1.82) is 0 Å². The molecule has 3 heterocycles. The number of aliphatic hydroxyl groups is 1. The predicted octanol–water partition coefficient (Wildman–Crippen LogP) is 1.74. The number of unbranched alkanes of at least 4 members (excludes halogenated alkanes) is 3. The largest absolute Gasteiger partial charge is 0.396 e. The fraction of sp³-hybridized carbons (Fsp3) is 0.875. The van der Waals surface area contributed by atoms with Crippen molar-refractivity contribution in [3.05, 3.63) is 0 Å². The normalized spacial score (nSPS) is 33.5. The van der Waals surface area contributed by atoms with Crippen molar-refractivity contribution in [2.45, 2.75) is 102 Å². The van der Waals surface area contributed by atoms with Gasteiger partial charge in [0, 0.05) is 25.2 Å². The van der Waals surface area contributed by atoms with E-state index in [9.17, 15) is 14.4 Å². The van der Waals surface area contributed by atoms with Crippen molar-refractivity contribution in [3.63, 3.8) is 0 Å². The van der Waals surface area contributed by atoms with Crippen LogP contribution in [0.4, 0.5) is 0 Å². The van der Waals surface area contributed by atoms with Gasteiger partial charge < -0.3 is 25.4 Å². The van der Waals surface area contributed by atoms with E-state index in [1.807, 2.05) is 34.6 Å². The lowest BCUT2D eigenvalue weighted by Gasteiger charge is -2.35. The number of fused-ring (bicyclic) bond motifs is 1. The minimum absolute atomic E-state index is 0.138. The number of amides is 3. The number of rotatable bonds is 10. The molecular weight excluding hydrogens is 410 g/mol. The number of nitrogens with one attached hydrogen (secondary N) is 2. The molecule has 0 aromatic heterocycles. The van der Waals surface area contributed by atoms with Crippen molar-refractivity contribution in [2.24, 2.45) is 11.8 Å². The fourth-order valence-electron chi connectivity index (χ4n) is 5.91. The number of nitrogens with zero attached hydrogens (tertiary/aromatic N) is 1. The van der Waals surface area contributed by atoms with Gasteiger partial charge in [-0.25, -0.2) is 0 Å². The number of likely N-dealkylation sites (tertiary alicyclic amines) is 1. The van der Waals surface area contributed by atoms with Crippen LogP contribution in [0.3, 0.4) is 0 Å². The van der Waals surface area contributed by atoms with Crippen molar-refractivity contribution in [3.8, 4) is 0 Å². The second-order valence-electron chi connectivity index (χ2n) is 10.9. The van der Waals surface area contributed by atoms with E-state index in [0.717, 1.165) is 32.1 Å². The quantitative estimate of drug-likeness (QED) is 0.439. The zero-order valence-electron chi connectivity index (χ0n) is 20.3. The Morgan fingerprint density at radius 1 is 1.16 bits per heavy atom. The summed E-state index contributed by atoms with van der Waals surface area (Å²) in [6.07, 6.45) is 5.30. The molecule has 32 heavy (non-hydrogen) atoms. The molecule has 2 bridgehead atoms. The highest BCUT2D eigenvalue weighted by atomic mass is 16.5. The summed E-state index contributed by atoms with van der Waals surface area (Å²) in [5.74, 6) is -1.70. The molecule has 0 radical (unpaired) electrons. The molecule has 182 valence electrons. The average molecular weight is 452 g/mol. The lowest BCUT2D eigenvalue weighted by atomic mass is 9.66. The minimum Gasteiger partial charge on any atom is -0.396 e. The molecule has 8 heteroatoms. The Hall–Kier alpha value is -1.67. The van der Waals surface area contributed by atoms with E-state index in [-0.39, 0.29) is 24.3 Å². The van der Waals surface area contributed by atoms with Crippen LogP contribution in [0.25, 0.3) is 0 Å². The van der Waals surface area contributed by atoms with Gasteiger partial charge in [-0.15, -0.1) is 0 Å². The second-order valence-corrected chi connectivity index (χ2v) is 10.9. The summed E-state index contributed by atoms with van der Waals surface area (Å²) in [7, 11) is 0. The molecule has 3 saturated heterocycles. The number of carbonyl (C=O) groups excluding carboxylic acids is 3. The third-order valence-electron chi connectivity index (χ3n) is 7.16. The van der Waals surface area contributed by atoms with E-state index < -0.39 is 34.6 Å². The third kappa shape index (κ3) is 4.40. The van der Waals surface area contributed by atoms with Crippen LogP contribution in [-0.2, 0) is 19.1 Å². The first-order chi connectivity index (χ1) is 15.0. The van der Waals surface area contributed by atoms with Crippen LogP contribution in [0, 0.1) is 11.8 Å². The van der Waals surface area contributed by atoms with Crippen LogP contribution < -0.4 is 10.6 Å². The molecular formula is C24H41N3O5. The van der Waals surface area contributed by atoms with Gasteiger partial charge in [-0.1, -0.05) is 19.8 Å². The van der Waals surface area contributed by atoms with Crippen LogP contribution >= 0.6 is 0 Å². The fourth-order valence-corrected chi connectivity index (χ4v) is 5.91. The summed E-state index contributed by atoms with van der Waals surface area (Å²) in [4.78, 5) is 42.1. The van der Waals surface area contributed by atoms with Gasteiger partial charge >= 0.3 is 0 Å². The molecule has 3 rings (SSSR count). The highest BCUT2D eigenvalue weighted by Gasteiger charge is 2.77. The number of carbonyl (C=O) groups is 3. The lowest BCUT2D eigenvalue weighted by molar-refractivity contribution is -0.146. The molecule has 8 nitrogen and oxygen atoms in total. The van der Waals surface area contributed by atoms with Crippen LogP contribution in [0.15, 0.2) is 0 Å². The monoisotopic (exact) mass is 451 g/mol. The van der Waals surface area contributed by atoms with Gasteiger partial charge in [0.05, 0.1) is 17.4 Å². The SMILES string of the molecule is CCCNC(=O)[C@@H]1[C@H]2C(=O)N(CCCCCCO)C(C(=O)NC(C)(C)C)C23CC[C@@]1(C)O3. The van der Waals surface area contributed by atoms with Crippen LogP contribution in [-0.4, -0.2) is 70.2 Å². The molecule has 0 saturated carbocycles. The zero-order valence-corrected chi connectivity index (χ0v) is 20.3. The number of hydrogen-bond donors (Lipinski definition) is 3. The number of ether oxygens (including phenoxy) is 1. The van der Waals surface area contributed by atoms with Crippen molar-refractivity contribution >= 4 is 17.7 Å². The predicted molar refractivity (Wildman–Crippen MR) is 121 cm³/mol. The van der Waals surface area contributed by atoms with E-state index in [2.05, 4.69) is 10.6 Å². The summed E-state index contributed by atoms with van der Waals surface area (Å²) in [6.45, 7) is 10.8. The molecule has 0 aromatic rings. The Morgan fingerprint density at radius 2 is 1.84 bits per heavy atom. The Balaban J connectivity index is 1.91. The summed E-state index contributed by atoms with van der Waals surface area (Å²) in [5.41, 5.74) is -2.13. The van der Waals surface area contributed by atoms with Crippen molar-refractivity contribution in [2.75, 3.05) is 19.7 Å². The summed E-state index contributed by atoms with van der Waals surface area (Å²) >= 11 is 0. The molecule has 1 spiro atoms. The molecule has 3 aliphatic heterocycles. The summed E-state index contributed by atoms with van der Waals surface area (Å²) in [5, 5.41) is 15.0. The smallest absolute Gasteiger partial charge is 0.246 e. The van der Waals surface area contributed by atoms with Gasteiger partial charge in [0.2, 0.25) is 17.7 Å². The standard InChI is InChI=1S/C24H41N3O5/c1-6-13-25-19(29)16-17-21(31)27(14-9-7-8-10-15-28)18(20(30)26-22(2,3)4)24(17)12-11-23(16,5)32-24/h16-18,28H,6-15H2,1-5H3,(H,25,29)(H,26,30)/t16-,17-,18?,23+,24?/m0/s1. The van der Waals surface area contributed by atoms with Crippen molar-refractivity contribution in [1.82, 2.24) is 15.5 Å². The Morgan fingerprint density at radius 3 is 2.47 bits per heavy atom. The van der Waals surface area contributed by atoms with Crippen LogP contribution in [0.5, 0.6) is 0 Å². The molecule has 5 atom stereocenters. The minimum atomic E-state index is -0.958. The maximum absolute atomic E-state index is 13.7. The highest BCUT2D eigenvalue weighted by Crippen LogP contribution is 2.63. The van der Waals surface area contributed by atoms with Gasteiger partial charge in [0.1, 0.15) is 11.6 Å². The zero-order chi connectivity index (χ0) is 23.7. The average Bonchev–Trinajstić information content (AvgIpc) is 3.25. The maximum atomic E-state index is 13.7. The molecule has 0 aliphatic carbocycles. The maximum Gasteiger partial charge on any atom is 0.246 e. The lowest BCUT2D eigenvalue weighted by Crippen LogP contribution is -2.58. The second kappa shape index (κ2) is 9.29. The van der Waals surface area contributed by atoms with Crippen molar-refractivity contribution < 1.29 is 24.2 Å². The topological polar surface area (TPSA) is 108 Å². The van der Waals surface area contributed by atoms with Crippen LogP contribution in [0.1, 0.15) is 79.6 Å². The van der Waals surface area contributed by atoms with E-state index in [1.54, 1.807) is 4.90 Å². The molecule has 3 amide bonds. The molecule has 2 unspecified atom stereocenters. The molecule has 0 aromatic carbocycles. The third-order valence-corrected chi connectivity index (χ3v) is 7.16. The van der Waals surface area contributed by atoms with Gasteiger partial charge in [0.25, 0.3) is 0 Å². The van der Waals surface area contributed by atoms with E-state index in [0.29, 0.717) is 25.9 Å². The summed E-state index contributed by atoms with van der Waals surface area (Å²) in [6, 6.07) is -0.733. The van der Waals surface area contributed by atoms with E-state index >= 15 is 0 Å². The molecule has 3 fully saturated rings. The van der Waals surface area contributed by atoms with Gasteiger partial charge in [-0.2, -0.15) is 0 Å². The van der Waals surface area contributed by atoms with Gasteiger partial charge in [-0.05, 0) is 59.8 Å². The molecule has 3 N–H and O–H groups in total. The first kappa shape index (κ1) is 25.0. The van der Waals surface area contributed by atoms with E-state index in [4.69, 9.17) is 9.84 Å². The first-order valence-electron chi connectivity index (χ1n) is 12.2. The Labute approximate surface area is 191 Å². The van der Waals surface area contributed by atoms with Crippen LogP contribution in [0.2, 0.25) is 0 Å². The molecule has 3 aliphatic rings. The number of hydrogen-bond acceptors (Lipinski definition) is 5. The first-order valence-corrected chi connectivity index (χ1v) is 12.2. The summed E-state index contributed by atoms with van der Waals surface area (Å²) < 4.78 is 6.56. The van der Waals surface area contributed by atoms with E-state index in [1.165, 1.54) is 0 Å². The van der Waals surface area contributed by atoms with Gasteiger partial charge in [0.15, 0.2) is 0 Å². The Kier molecular flexibility index (Phi) is 7.25. The Bertz CT molecular complexity index is 736. The highest BCUT2D eigenvalue weighted by molar-refractivity contribution is 5.99. The number of aliphatic hydroxyl groups excluding tert-OH is 1.